The molecule has 0 radical (unpaired) electrons. The lowest BCUT2D eigenvalue weighted by Gasteiger charge is -2.18. The van der Waals surface area contributed by atoms with Crippen molar-refractivity contribution in [2.24, 2.45) is 0 Å². The number of rotatable bonds is 6. The van der Waals surface area contributed by atoms with Crippen LogP contribution in [0.5, 0.6) is 5.75 Å². The van der Waals surface area contributed by atoms with E-state index in [0.29, 0.717) is 54.8 Å². The summed E-state index contributed by atoms with van der Waals surface area (Å²) in [5.74, 6) is -0.337. The number of nitrogens with zero attached hydrogens (tertiary/aromatic N) is 2. The van der Waals surface area contributed by atoms with Gasteiger partial charge in [0.15, 0.2) is 5.43 Å². The van der Waals surface area contributed by atoms with Crippen LogP contribution in [0.1, 0.15) is 27.2 Å². The average molecular weight is 487 g/mol. The summed E-state index contributed by atoms with van der Waals surface area (Å²) in [5, 5.41) is 0.539. The fourth-order valence-electron chi connectivity index (χ4n) is 4.59. The van der Waals surface area contributed by atoms with Crippen LogP contribution in [0, 0.1) is 0 Å². The summed E-state index contributed by atoms with van der Waals surface area (Å²) >= 11 is 0. The number of ether oxygens (including phenoxy) is 2. The zero-order chi connectivity index (χ0) is 25.1. The number of pyridine rings is 1. The van der Waals surface area contributed by atoms with Crippen LogP contribution in [0.3, 0.4) is 0 Å². The van der Waals surface area contributed by atoms with Crippen molar-refractivity contribution < 1.29 is 18.7 Å². The maximum absolute atomic E-state index is 13.0. The van der Waals surface area contributed by atoms with Crippen molar-refractivity contribution in [1.29, 1.82) is 0 Å². The monoisotopic (exact) mass is 486 g/mol. The standard InChI is InChI=1S/C28H26N2O6/c1-34-28(33)26-22-11-12-29(16-20-18-36-23-10-6-5-9-21(23)27(20)32)13-14-30(22)25(31)15-24(26)35-17-19-7-3-2-4-8-19/h2-10,15,18H,11-14,16-17H2,1H3. The minimum atomic E-state index is -0.551. The largest absolute Gasteiger partial charge is 0.488 e. The lowest BCUT2D eigenvalue weighted by molar-refractivity contribution is 0.0592. The van der Waals surface area contributed by atoms with Gasteiger partial charge >= 0.3 is 5.97 Å². The maximum atomic E-state index is 13.0. The van der Waals surface area contributed by atoms with Crippen molar-refractivity contribution in [3.8, 4) is 5.75 Å². The Balaban J connectivity index is 1.42. The molecule has 2 aromatic carbocycles. The first-order valence-electron chi connectivity index (χ1n) is 11.8. The first kappa shape index (κ1) is 23.6. The molecule has 36 heavy (non-hydrogen) atoms. The van der Waals surface area contributed by atoms with Crippen molar-refractivity contribution in [2.45, 2.75) is 26.1 Å². The minimum absolute atomic E-state index is 0.0670. The van der Waals surface area contributed by atoms with E-state index in [1.807, 2.05) is 42.5 Å². The third-order valence-corrected chi connectivity index (χ3v) is 6.46. The molecule has 0 saturated carbocycles. The van der Waals surface area contributed by atoms with E-state index in [9.17, 15) is 14.4 Å². The van der Waals surface area contributed by atoms with Crippen molar-refractivity contribution in [2.75, 3.05) is 20.2 Å². The van der Waals surface area contributed by atoms with E-state index in [0.717, 1.165) is 5.56 Å². The Kier molecular flexibility index (Phi) is 6.69. The zero-order valence-electron chi connectivity index (χ0n) is 19.9. The Morgan fingerprint density at radius 2 is 1.78 bits per heavy atom. The van der Waals surface area contributed by atoms with Crippen LogP contribution in [-0.2, 0) is 30.9 Å². The molecular weight excluding hydrogens is 460 g/mol. The molecule has 2 aromatic heterocycles. The SMILES string of the molecule is COC(=O)c1c(OCc2ccccc2)cc(=O)n2c1CCN(Cc1coc3ccccc3c1=O)CC2. The van der Waals surface area contributed by atoms with Gasteiger partial charge in [0.2, 0.25) is 0 Å². The number of benzene rings is 2. The summed E-state index contributed by atoms with van der Waals surface area (Å²) in [6.45, 7) is 2.04. The molecule has 5 rings (SSSR count). The molecule has 0 amide bonds. The van der Waals surface area contributed by atoms with Gasteiger partial charge < -0.3 is 18.5 Å². The van der Waals surface area contributed by atoms with E-state index < -0.39 is 5.97 Å². The van der Waals surface area contributed by atoms with Gasteiger partial charge in [-0.15, -0.1) is 0 Å². The van der Waals surface area contributed by atoms with Crippen LogP contribution in [-0.4, -0.2) is 35.6 Å². The Labute approximate surface area is 207 Å². The Bertz CT molecular complexity index is 1520. The highest BCUT2D eigenvalue weighted by Gasteiger charge is 2.26. The third kappa shape index (κ3) is 4.67. The van der Waals surface area contributed by atoms with Crippen LogP contribution in [0.4, 0.5) is 0 Å². The van der Waals surface area contributed by atoms with E-state index in [-0.39, 0.29) is 28.9 Å². The molecule has 1 aliphatic heterocycles. The topological polar surface area (TPSA) is 91.0 Å². The lowest BCUT2D eigenvalue weighted by Crippen LogP contribution is -2.30. The maximum Gasteiger partial charge on any atom is 0.343 e. The molecule has 0 N–H and O–H groups in total. The number of esters is 1. The Morgan fingerprint density at radius 3 is 2.58 bits per heavy atom. The lowest BCUT2D eigenvalue weighted by atomic mass is 10.1. The second kappa shape index (κ2) is 10.2. The quantitative estimate of drug-likeness (QED) is 0.386. The molecule has 0 fully saturated rings. The van der Waals surface area contributed by atoms with Crippen molar-refractivity contribution in [1.82, 2.24) is 9.47 Å². The summed E-state index contributed by atoms with van der Waals surface area (Å²) in [4.78, 5) is 40.9. The number of methoxy groups -OCH3 is 1. The highest BCUT2D eigenvalue weighted by atomic mass is 16.5. The predicted molar refractivity (Wildman–Crippen MR) is 134 cm³/mol. The molecule has 3 heterocycles. The van der Waals surface area contributed by atoms with Gasteiger partial charge in [-0.2, -0.15) is 0 Å². The molecule has 0 bridgehead atoms. The Morgan fingerprint density at radius 1 is 1.00 bits per heavy atom. The number of hydrogen-bond acceptors (Lipinski definition) is 7. The van der Waals surface area contributed by atoms with Gasteiger partial charge in [0.1, 0.15) is 23.5 Å². The predicted octanol–water partition coefficient (Wildman–Crippen LogP) is 3.38. The van der Waals surface area contributed by atoms with Crippen LogP contribution in [0.25, 0.3) is 11.0 Å². The number of aromatic nitrogens is 1. The van der Waals surface area contributed by atoms with Gasteiger partial charge in [-0.05, 0) is 17.7 Å². The summed E-state index contributed by atoms with van der Waals surface area (Å²) in [6.07, 6.45) is 1.92. The molecule has 0 unspecified atom stereocenters. The van der Waals surface area contributed by atoms with Crippen LogP contribution < -0.4 is 15.7 Å². The van der Waals surface area contributed by atoms with Gasteiger partial charge in [0.25, 0.3) is 5.56 Å². The fraction of sp³-hybridized carbons (Fsp3) is 0.250. The highest BCUT2D eigenvalue weighted by molar-refractivity contribution is 5.93. The number of carbonyl (C=O) groups excluding carboxylic acids is 1. The smallest absolute Gasteiger partial charge is 0.343 e. The molecule has 4 aromatic rings. The average Bonchev–Trinajstić information content (AvgIpc) is 3.12. The van der Waals surface area contributed by atoms with Crippen molar-refractivity contribution >= 4 is 16.9 Å². The fourth-order valence-corrected chi connectivity index (χ4v) is 4.59. The van der Waals surface area contributed by atoms with Crippen LogP contribution in [0.2, 0.25) is 0 Å². The van der Waals surface area contributed by atoms with Gasteiger partial charge in [-0.1, -0.05) is 42.5 Å². The molecular formula is C28H26N2O6. The summed E-state index contributed by atoms with van der Waals surface area (Å²) in [6, 6.07) is 18.0. The van der Waals surface area contributed by atoms with E-state index in [2.05, 4.69) is 4.90 Å². The first-order valence-corrected chi connectivity index (χ1v) is 11.8. The van der Waals surface area contributed by atoms with Crippen molar-refractivity contribution in [3.05, 3.63) is 110 Å². The van der Waals surface area contributed by atoms with E-state index in [1.165, 1.54) is 19.4 Å². The summed E-state index contributed by atoms with van der Waals surface area (Å²) < 4.78 is 18.2. The normalized spacial score (nSPS) is 13.7. The number of hydrogen-bond donors (Lipinski definition) is 0. The van der Waals surface area contributed by atoms with E-state index in [1.54, 1.807) is 16.7 Å². The van der Waals surface area contributed by atoms with Crippen molar-refractivity contribution in [3.63, 3.8) is 0 Å². The summed E-state index contributed by atoms with van der Waals surface area (Å²) in [7, 11) is 1.31. The first-order chi connectivity index (χ1) is 17.5. The zero-order valence-corrected chi connectivity index (χ0v) is 19.9. The molecule has 0 saturated heterocycles. The van der Waals surface area contributed by atoms with Crippen LogP contribution in [0.15, 0.2) is 80.9 Å². The van der Waals surface area contributed by atoms with E-state index >= 15 is 0 Å². The minimum Gasteiger partial charge on any atom is -0.488 e. The third-order valence-electron chi connectivity index (χ3n) is 6.46. The number of para-hydroxylation sites is 1. The molecule has 0 aliphatic carbocycles. The molecule has 8 heteroatoms. The van der Waals surface area contributed by atoms with Gasteiger partial charge in [-0.25, -0.2) is 4.79 Å². The molecule has 0 spiro atoms. The highest BCUT2D eigenvalue weighted by Crippen LogP contribution is 2.25. The summed E-state index contributed by atoms with van der Waals surface area (Å²) in [5.41, 5.74) is 2.55. The molecule has 0 atom stereocenters. The van der Waals surface area contributed by atoms with E-state index in [4.69, 9.17) is 13.9 Å². The van der Waals surface area contributed by atoms with Gasteiger partial charge in [0.05, 0.1) is 18.8 Å². The molecule has 8 nitrogen and oxygen atoms in total. The van der Waals surface area contributed by atoms with Crippen LogP contribution >= 0.6 is 0 Å². The number of fused-ring (bicyclic) bond motifs is 2. The molecule has 184 valence electrons. The van der Waals surface area contributed by atoms with Gasteiger partial charge in [0, 0.05) is 49.9 Å². The molecule has 1 aliphatic rings. The Hall–Kier alpha value is -4.17. The number of carbonyl (C=O) groups is 1. The van der Waals surface area contributed by atoms with Gasteiger partial charge in [-0.3, -0.25) is 14.5 Å². The second-order valence-electron chi connectivity index (χ2n) is 8.70. The second-order valence-corrected chi connectivity index (χ2v) is 8.70.